The second-order valence-corrected chi connectivity index (χ2v) is 4.55. The minimum Gasteiger partial charge on any atom is -0.491 e. The highest BCUT2D eigenvalue weighted by Crippen LogP contribution is 2.29. The van der Waals surface area contributed by atoms with Crippen LogP contribution in [0.4, 0.5) is 0 Å². The molecule has 0 spiro atoms. The van der Waals surface area contributed by atoms with Gasteiger partial charge in [0, 0.05) is 31.5 Å². The Morgan fingerprint density at radius 1 is 1.30 bits per heavy atom. The van der Waals surface area contributed by atoms with Crippen molar-refractivity contribution in [1.82, 2.24) is 15.1 Å². The van der Waals surface area contributed by atoms with Gasteiger partial charge in [0.15, 0.2) is 0 Å². The predicted octanol–water partition coefficient (Wildman–Crippen LogP) is 1.75. The van der Waals surface area contributed by atoms with E-state index in [2.05, 4.69) is 16.5 Å². The van der Waals surface area contributed by atoms with Gasteiger partial charge in [-0.05, 0) is 13.1 Å². The number of hydrogen-bond acceptors (Lipinski definition) is 4. The van der Waals surface area contributed by atoms with Gasteiger partial charge in [-0.15, -0.1) is 0 Å². The van der Waals surface area contributed by atoms with E-state index >= 15 is 0 Å². The molecule has 0 aliphatic heterocycles. The second kappa shape index (κ2) is 7.07. The number of hydrogen-bond donors (Lipinski definition) is 1. The Morgan fingerprint density at radius 2 is 2.10 bits per heavy atom. The number of benzene rings is 1. The van der Waals surface area contributed by atoms with Crippen LogP contribution in [0.5, 0.6) is 5.75 Å². The molecule has 1 aromatic carbocycles. The smallest absolute Gasteiger partial charge is 0.124 e. The molecule has 2 rings (SSSR count). The van der Waals surface area contributed by atoms with Crippen LogP contribution in [-0.4, -0.2) is 37.2 Å². The lowest BCUT2D eigenvalue weighted by Crippen LogP contribution is -2.18. The average Bonchev–Trinajstić information content (AvgIpc) is 2.88. The Labute approximate surface area is 119 Å². The molecule has 0 aliphatic rings. The first-order valence-electron chi connectivity index (χ1n) is 6.62. The Bertz CT molecular complexity index is 539. The number of nitrogens with zero attached hydrogens (tertiary/aromatic N) is 2. The zero-order chi connectivity index (χ0) is 14.4. The zero-order valence-electron chi connectivity index (χ0n) is 12.2. The number of para-hydroxylation sites is 1. The fourth-order valence-corrected chi connectivity index (χ4v) is 2.18. The van der Waals surface area contributed by atoms with E-state index in [1.54, 1.807) is 11.8 Å². The van der Waals surface area contributed by atoms with E-state index in [1.807, 2.05) is 44.7 Å². The van der Waals surface area contributed by atoms with Crippen molar-refractivity contribution in [2.45, 2.75) is 6.04 Å². The molecule has 1 heterocycles. The maximum absolute atomic E-state index is 5.80. The number of nitrogens with one attached hydrogen (secondary N) is 1. The van der Waals surface area contributed by atoms with E-state index in [-0.39, 0.29) is 6.04 Å². The molecule has 1 N–H and O–H groups in total. The molecule has 108 valence electrons. The SMILES string of the molecule is CNC(c1cnn(C)c1)c1ccccc1OCCOC. The molecule has 1 aromatic heterocycles. The van der Waals surface area contributed by atoms with Gasteiger partial charge in [-0.1, -0.05) is 18.2 Å². The van der Waals surface area contributed by atoms with Crippen LogP contribution in [0.2, 0.25) is 0 Å². The van der Waals surface area contributed by atoms with E-state index in [9.17, 15) is 0 Å². The number of aryl methyl sites for hydroxylation is 1. The molecule has 5 heteroatoms. The largest absolute Gasteiger partial charge is 0.491 e. The first-order valence-corrected chi connectivity index (χ1v) is 6.62. The number of aromatic nitrogens is 2. The molecule has 0 aliphatic carbocycles. The highest BCUT2D eigenvalue weighted by atomic mass is 16.5. The van der Waals surface area contributed by atoms with Crippen molar-refractivity contribution in [2.24, 2.45) is 7.05 Å². The lowest BCUT2D eigenvalue weighted by molar-refractivity contribution is 0.145. The number of methoxy groups -OCH3 is 1. The summed E-state index contributed by atoms with van der Waals surface area (Å²) in [5.41, 5.74) is 2.21. The fraction of sp³-hybridized carbons (Fsp3) is 0.400. The minimum atomic E-state index is 0.0578. The lowest BCUT2D eigenvalue weighted by Gasteiger charge is -2.19. The lowest BCUT2D eigenvalue weighted by atomic mass is 10.0. The molecule has 0 saturated carbocycles. The third-order valence-corrected chi connectivity index (χ3v) is 3.12. The Morgan fingerprint density at radius 3 is 2.75 bits per heavy atom. The van der Waals surface area contributed by atoms with Crippen LogP contribution in [0.3, 0.4) is 0 Å². The van der Waals surface area contributed by atoms with Crippen LogP contribution in [-0.2, 0) is 11.8 Å². The topological polar surface area (TPSA) is 48.3 Å². The maximum atomic E-state index is 5.80. The van der Waals surface area contributed by atoms with Crippen LogP contribution in [0.25, 0.3) is 0 Å². The molecule has 0 fully saturated rings. The van der Waals surface area contributed by atoms with E-state index in [4.69, 9.17) is 9.47 Å². The van der Waals surface area contributed by atoms with Crippen LogP contribution in [0.1, 0.15) is 17.2 Å². The van der Waals surface area contributed by atoms with Gasteiger partial charge < -0.3 is 14.8 Å². The Hall–Kier alpha value is -1.85. The Kier molecular flexibility index (Phi) is 5.15. The van der Waals surface area contributed by atoms with Crippen molar-refractivity contribution in [3.05, 3.63) is 47.8 Å². The van der Waals surface area contributed by atoms with Gasteiger partial charge in [0.2, 0.25) is 0 Å². The molecule has 0 amide bonds. The van der Waals surface area contributed by atoms with E-state index in [1.165, 1.54) is 0 Å². The van der Waals surface area contributed by atoms with Gasteiger partial charge in [-0.3, -0.25) is 4.68 Å². The first kappa shape index (κ1) is 14.6. The fourth-order valence-electron chi connectivity index (χ4n) is 2.18. The second-order valence-electron chi connectivity index (χ2n) is 4.55. The van der Waals surface area contributed by atoms with Crippen molar-refractivity contribution in [2.75, 3.05) is 27.4 Å². The summed E-state index contributed by atoms with van der Waals surface area (Å²) in [7, 11) is 5.52. The molecule has 0 saturated heterocycles. The van der Waals surface area contributed by atoms with Gasteiger partial charge >= 0.3 is 0 Å². The summed E-state index contributed by atoms with van der Waals surface area (Å²) >= 11 is 0. The quantitative estimate of drug-likeness (QED) is 0.782. The average molecular weight is 275 g/mol. The molecular weight excluding hydrogens is 254 g/mol. The standard InChI is InChI=1S/C15H21N3O2/c1-16-15(12-10-17-18(2)11-12)13-6-4-5-7-14(13)20-9-8-19-3/h4-7,10-11,15-16H,8-9H2,1-3H3. The van der Waals surface area contributed by atoms with Crippen molar-refractivity contribution in [1.29, 1.82) is 0 Å². The highest BCUT2D eigenvalue weighted by molar-refractivity contribution is 5.40. The van der Waals surface area contributed by atoms with Gasteiger partial charge in [0.25, 0.3) is 0 Å². The summed E-state index contributed by atoms with van der Waals surface area (Å²) in [5, 5.41) is 7.55. The maximum Gasteiger partial charge on any atom is 0.124 e. The zero-order valence-corrected chi connectivity index (χ0v) is 12.2. The van der Waals surface area contributed by atoms with Crippen molar-refractivity contribution < 1.29 is 9.47 Å². The molecule has 1 atom stereocenters. The minimum absolute atomic E-state index is 0.0578. The molecule has 2 aromatic rings. The molecule has 20 heavy (non-hydrogen) atoms. The summed E-state index contributed by atoms with van der Waals surface area (Å²) < 4.78 is 12.6. The van der Waals surface area contributed by atoms with E-state index in [0.29, 0.717) is 13.2 Å². The molecular formula is C15H21N3O2. The molecule has 0 bridgehead atoms. The van der Waals surface area contributed by atoms with Crippen LogP contribution in [0, 0.1) is 0 Å². The molecule has 0 radical (unpaired) electrons. The van der Waals surface area contributed by atoms with Crippen LogP contribution in [0.15, 0.2) is 36.7 Å². The van der Waals surface area contributed by atoms with Crippen LogP contribution < -0.4 is 10.1 Å². The number of ether oxygens (including phenoxy) is 2. The third kappa shape index (κ3) is 3.37. The molecule has 5 nitrogen and oxygen atoms in total. The first-order chi connectivity index (χ1) is 9.76. The normalized spacial score (nSPS) is 12.3. The summed E-state index contributed by atoms with van der Waals surface area (Å²) in [5.74, 6) is 0.868. The van der Waals surface area contributed by atoms with Gasteiger partial charge in [0.05, 0.1) is 18.8 Å². The highest BCUT2D eigenvalue weighted by Gasteiger charge is 2.17. The Balaban J connectivity index is 2.25. The third-order valence-electron chi connectivity index (χ3n) is 3.12. The number of rotatable bonds is 7. The monoisotopic (exact) mass is 275 g/mol. The van der Waals surface area contributed by atoms with Gasteiger partial charge in [-0.25, -0.2) is 0 Å². The van der Waals surface area contributed by atoms with Crippen molar-refractivity contribution in [3.8, 4) is 5.75 Å². The summed E-state index contributed by atoms with van der Waals surface area (Å²) in [6.45, 7) is 1.11. The summed E-state index contributed by atoms with van der Waals surface area (Å²) in [6, 6.07) is 8.09. The summed E-state index contributed by atoms with van der Waals surface area (Å²) in [4.78, 5) is 0. The molecule has 1 unspecified atom stereocenters. The van der Waals surface area contributed by atoms with E-state index < -0.39 is 0 Å². The van der Waals surface area contributed by atoms with Crippen LogP contribution >= 0.6 is 0 Å². The van der Waals surface area contributed by atoms with Gasteiger partial charge in [0.1, 0.15) is 12.4 Å². The van der Waals surface area contributed by atoms with Gasteiger partial charge in [-0.2, -0.15) is 5.10 Å². The van der Waals surface area contributed by atoms with Crippen molar-refractivity contribution >= 4 is 0 Å². The van der Waals surface area contributed by atoms with E-state index in [0.717, 1.165) is 16.9 Å². The van der Waals surface area contributed by atoms with Crippen molar-refractivity contribution in [3.63, 3.8) is 0 Å². The summed E-state index contributed by atoms with van der Waals surface area (Å²) in [6.07, 6.45) is 3.88. The predicted molar refractivity (Wildman–Crippen MR) is 77.9 cm³/mol.